The maximum absolute atomic E-state index is 13.8. The van der Waals surface area contributed by atoms with Crippen molar-refractivity contribution in [1.29, 1.82) is 0 Å². The molecule has 42 heavy (non-hydrogen) atoms. The number of ether oxygens (including phenoxy) is 1. The van der Waals surface area contributed by atoms with Crippen LogP contribution in [-0.2, 0) is 16.0 Å². The van der Waals surface area contributed by atoms with E-state index in [1.807, 2.05) is 48.8 Å². The number of esters is 1. The highest BCUT2D eigenvalue weighted by molar-refractivity contribution is 6.30. The Morgan fingerprint density at radius 1 is 0.929 bits per heavy atom. The second-order valence-corrected chi connectivity index (χ2v) is 13.0. The van der Waals surface area contributed by atoms with Crippen molar-refractivity contribution in [2.24, 2.45) is 16.8 Å². The maximum Gasteiger partial charge on any atom is 0.336 e. The highest BCUT2D eigenvalue weighted by atomic mass is 35.5. The van der Waals surface area contributed by atoms with Crippen LogP contribution in [0.3, 0.4) is 0 Å². The van der Waals surface area contributed by atoms with Gasteiger partial charge in [-0.2, -0.15) is 0 Å². The standard InChI is InChI=1S/C35H41Cl2N3O2/c1-24(26-8-6-5-7-9-26)40-23-38-35(34(41)42-4,22-25-10-18-30(36)19-11-25)33(40)29-14-12-27(13-15-29)32(39(2)3)28-16-20-31(37)21-17-28/h5-11,16-21,23-24,27,29,32-33H,12-15,22H2,1-4H3. The maximum atomic E-state index is 13.8. The van der Waals surface area contributed by atoms with Crippen LogP contribution in [0.25, 0.3) is 0 Å². The number of hydrogen-bond acceptors (Lipinski definition) is 5. The van der Waals surface area contributed by atoms with E-state index in [2.05, 4.69) is 67.2 Å². The van der Waals surface area contributed by atoms with Gasteiger partial charge < -0.3 is 14.5 Å². The van der Waals surface area contributed by atoms with Crippen LogP contribution in [0.5, 0.6) is 0 Å². The van der Waals surface area contributed by atoms with E-state index in [1.54, 1.807) is 0 Å². The lowest BCUT2D eigenvalue weighted by atomic mass is 9.68. The average Bonchev–Trinajstić information content (AvgIpc) is 3.39. The van der Waals surface area contributed by atoms with E-state index in [4.69, 9.17) is 32.9 Å². The second-order valence-electron chi connectivity index (χ2n) is 12.1. The molecule has 3 aromatic rings. The minimum absolute atomic E-state index is 0.0537. The number of rotatable bonds is 9. The van der Waals surface area contributed by atoms with Gasteiger partial charge in [0.05, 0.1) is 25.5 Å². The first-order valence-electron chi connectivity index (χ1n) is 14.9. The van der Waals surface area contributed by atoms with E-state index < -0.39 is 5.54 Å². The Bertz CT molecular complexity index is 1360. The zero-order chi connectivity index (χ0) is 29.9. The van der Waals surface area contributed by atoms with Crippen molar-refractivity contribution in [3.63, 3.8) is 0 Å². The molecular weight excluding hydrogens is 565 g/mol. The van der Waals surface area contributed by atoms with Crippen molar-refractivity contribution in [3.05, 3.63) is 106 Å². The summed E-state index contributed by atoms with van der Waals surface area (Å²) >= 11 is 12.4. The summed E-state index contributed by atoms with van der Waals surface area (Å²) in [4.78, 5) is 23.5. The van der Waals surface area contributed by atoms with E-state index in [1.165, 1.54) is 18.2 Å². The van der Waals surface area contributed by atoms with E-state index >= 15 is 0 Å². The minimum atomic E-state index is -1.04. The quantitative estimate of drug-likeness (QED) is 0.232. The van der Waals surface area contributed by atoms with Gasteiger partial charge in [0.1, 0.15) is 0 Å². The first-order valence-corrected chi connectivity index (χ1v) is 15.6. The molecule has 0 radical (unpaired) electrons. The molecule has 5 rings (SSSR count). The number of methoxy groups -OCH3 is 1. The van der Waals surface area contributed by atoms with Gasteiger partial charge in [0.15, 0.2) is 5.54 Å². The van der Waals surface area contributed by atoms with Crippen molar-refractivity contribution >= 4 is 35.5 Å². The lowest BCUT2D eigenvalue weighted by Crippen LogP contribution is -2.57. The predicted octanol–water partition coefficient (Wildman–Crippen LogP) is 8.03. The van der Waals surface area contributed by atoms with Crippen LogP contribution in [0.2, 0.25) is 10.0 Å². The summed E-state index contributed by atoms with van der Waals surface area (Å²) in [6.07, 6.45) is 6.53. The van der Waals surface area contributed by atoms with Crippen LogP contribution >= 0.6 is 23.2 Å². The molecule has 1 heterocycles. The Morgan fingerprint density at radius 2 is 1.52 bits per heavy atom. The van der Waals surface area contributed by atoms with Gasteiger partial charge in [-0.3, -0.25) is 4.99 Å². The molecule has 5 nitrogen and oxygen atoms in total. The van der Waals surface area contributed by atoms with Crippen molar-refractivity contribution in [1.82, 2.24) is 9.80 Å². The van der Waals surface area contributed by atoms with Gasteiger partial charge in [-0.25, -0.2) is 4.79 Å². The Balaban J connectivity index is 1.47. The molecule has 0 saturated heterocycles. The van der Waals surface area contributed by atoms with Crippen LogP contribution in [0, 0.1) is 11.8 Å². The molecule has 0 N–H and O–H groups in total. The van der Waals surface area contributed by atoms with Crippen molar-refractivity contribution in [2.45, 2.75) is 62.7 Å². The number of benzene rings is 3. The monoisotopic (exact) mass is 605 g/mol. The molecule has 0 amide bonds. The fraction of sp³-hybridized carbons (Fsp3) is 0.429. The molecule has 1 saturated carbocycles. The average molecular weight is 607 g/mol. The summed E-state index contributed by atoms with van der Waals surface area (Å²) in [5.74, 6) is 0.494. The molecule has 1 aliphatic carbocycles. The third-order valence-corrected chi connectivity index (χ3v) is 9.87. The Labute approximate surface area is 260 Å². The number of hydrogen-bond donors (Lipinski definition) is 0. The predicted molar refractivity (Wildman–Crippen MR) is 172 cm³/mol. The molecule has 4 unspecified atom stereocenters. The Hall–Kier alpha value is -2.86. The summed E-state index contributed by atoms with van der Waals surface area (Å²) in [5, 5.41) is 1.43. The van der Waals surface area contributed by atoms with Crippen molar-refractivity contribution in [2.75, 3.05) is 21.2 Å². The molecule has 0 bridgehead atoms. The molecule has 1 aliphatic heterocycles. The van der Waals surface area contributed by atoms with E-state index in [0.717, 1.165) is 36.3 Å². The van der Waals surface area contributed by atoms with E-state index in [-0.39, 0.29) is 24.0 Å². The normalized spacial score (nSPS) is 25.4. The van der Waals surface area contributed by atoms with Gasteiger partial charge in [0.25, 0.3) is 0 Å². The molecule has 2 aliphatic rings. The number of nitrogens with zero attached hydrogens (tertiary/aromatic N) is 3. The topological polar surface area (TPSA) is 45.1 Å². The van der Waals surface area contributed by atoms with Crippen LogP contribution in [-0.4, -0.2) is 54.9 Å². The summed E-state index contributed by atoms with van der Waals surface area (Å²) < 4.78 is 5.52. The van der Waals surface area contributed by atoms with Crippen LogP contribution in [0.1, 0.15) is 61.4 Å². The molecule has 7 heteroatoms. The first kappa shape index (κ1) is 30.6. The first-order chi connectivity index (χ1) is 20.2. The van der Waals surface area contributed by atoms with E-state index in [0.29, 0.717) is 23.4 Å². The third-order valence-electron chi connectivity index (χ3n) is 9.36. The van der Waals surface area contributed by atoms with Gasteiger partial charge in [-0.05, 0) is 99.5 Å². The SMILES string of the molecule is COC(=O)C1(Cc2ccc(Cl)cc2)N=CN(C(C)c2ccccc2)C1C1CCC(C(c2ccc(Cl)cc2)N(C)C)CC1. The fourth-order valence-corrected chi connectivity index (χ4v) is 7.61. The van der Waals surface area contributed by atoms with Crippen LogP contribution in [0.15, 0.2) is 83.9 Å². The summed E-state index contributed by atoms with van der Waals surface area (Å²) in [6, 6.07) is 26.7. The van der Waals surface area contributed by atoms with Crippen molar-refractivity contribution in [3.8, 4) is 0 Å². The smallest absolute Gasteiger partial charge is 0.336 e. The molecule has 0 spiro atoms. The minimum Gasteiger partial charge on any atom is -0.467 e. The summed E-state index contributed by atoms with van der Waals surface area (Å²) in [5.41, 5.74) is 2.47. The zero-order valence-corrected chi connectivity index (χ0v) is 26.4. The van der Waals surface area contributed by atoms with Gasteiger partial charge in [-0.15, -0.1) is 0 Å². The highest BCUT2D eigenvalue weighted by Crippen LogP contribution is 2.47. The fourth-order valence-electron chi connectivity index (χ4n) is 7.36. The molecule has 1 fully saturated rings. The number of carbonyl (C=O) groups is 1. The summed E-state index contributed by atoms with van der Waals surface area (Å²) in [6.45, 7) is 2.21. The van der Waals surface area contributed by atoms with Gasteiger partial charge in [0, 0.05) is 22.5 Å². The zero-order valence-electron chi connectivity index (χ0n) is 24.9. The van der Waals surface area contributed by atoms with Gasteiger partial charge >= 0.3 is 5.97 Å². The Kier molecular flexibility index (Phi) is 9.61. The molecule has 3 aromatic carbocycles. The van der Waals surface area contributed by atoms with Gasteiger partial charge in [0.2, 0.25) is 0 Å². The van der Waals surface area contributed by atoms with Crippen LogP contribution < -0.4 is 0 Å². The Morgan fingerprint density at radius 3 is 2.10 bits per heavy atom. The van der Waals surface area contributed by atoms with Crippen molar-refractivity contribution < 1.29 is 9.53 Å². The second kappa shape index (κ2) is 13.2. The van der Waals surface area contributed by atoms with E-state index in [9.17, 15) is 4.79 Å². The lowest BCUT2D eigenvalue weighted by molar-refractivity contribution is -0.150. The van der Waals surface area contributed by atoms with Crippen LogP contribution in [0.4, 0.5) is 0 Å². The number of halogens is 2. The molecular formula is C35H41Cl2N3O2. The molecule has 4 atom stereocenters. The summed E-state index contributed by atoms with van der Waals surface area (Å²) in [7, 11) is 5.80. The number of aliphatic imine (C=N–C) groups is 1. The molecule has 0 aromatic heterocycles. The molecule has 222 valence electrons. The largest absolute Gasteiger partial charge is 0.467 e. The van der Waals surface area contributed by atoms with Gasteiger partial charge in [-0.1, -0.05) is 77.8 Å². The third kappa shape index (κ3) is 6.24. The lowest BCUT2D eigenvalue weighted by Gasteiger charge is -2.46. The number of carbonyl (C=O) groups excluding carboxylic acids is 1. The highest BCUT2D eigenvalue weighted by Gasteiger charge is 2.56.